The monoisotopic (exact) mass is 228 g/mol. The van der Waals surface area contributed by atoms with Crippen LogP contribution in [0, 0.1) is 11.8 Å². The van der Waals surface area contributed by atoms with Crippen molar-refractivity contribution in [2.75, 3.05) is 0 Å². The summed E-state index contributed by atoms with van der Waals surface area (Å²) < 4.78 is 0. The number of unbranched alkanes of at least 4 members (excludes halogenated alkanes) is 4. The lowest BCUT2D eigenvalue weighted by Crippen LogP contribution is -1.85. The first-order valence-corrected chi connectivity index (χ1v) is 7.54. The van der Waals surface area contributed by atoms with Gasteiger partial charge >= 0.3 is 0 Å². The van der Waals surface area contributed by atoms with Gasteiger partial charge in [-0.15, -0.1) is 0 Å². The van der Waals surface area contributed by atoms with Crippen molar-refractivity contribution in [3.63, 3.8) is 0 Å². The summed E-state index contributed by atoms with van der Waals surface area (Å²) >= 11 is 0. The first-order chi connectivity index (χ1) is 7.54. The van der Waals surface area contributed by atoms with Crippen molar-refractivity contribution in [3.8, 4) is 0 Å². The second kappa shape index (κ2) is 15.0. The zero-order chi connectivity index (χ0) is 12.8. The molecule has 0 saturated heterocycles. The molecule has 0 radical (unpaired) electrons. The van der Waals surface area contributed by atoms with Gasteiger partial charge in [-0.05, 0) is 11.8 Å². The van der Waals surface area contributed by atoms with Crippen LogP contribution < -0.4 is 0 Å². The average molecular weight is 228 g/mol. The maximum Gasteiger partial charge on any atom is -0.0471 e. The summed E-state index contributed by atoms with van der Waals surface area (Å²) in [6, 6.07) is 0. The molecule has 0 aromatic rings. The van der Waals surface area contributed by atoms with Gasteiger partial charge in [0, 0.05) is 0 Å². The Morgan fingerprint density at radius 2 is 0.875 bits per heavy atom. The van der Waals surface area contributed by atoms with Crippen LogP contribution in [-0.2, 0) is 0 Å². The molecule has 0 fully saturated rings. The summed E-state index contributed by atoms with van der Waals surface area (Å²) in [5.74, 6) is 1.81. The highest BCUT2D eigenvalue weighted by atomic mass is 14.0. The molecule has 0 amide bonds. The summed E-state index contributed by atoms with van der Waals surface area (Å²) in [5, 5.41) is 0. The second-order valence-corrected chi connectivity index (χ2v) is 5.78. The Hall–Kier alpha value is 0. The SMILES string of the molecule is CCCCCC(C)C.CCCCCC(C)C. The van der Waals surface area contributed by atoms with Crippen molar-refractivity contribution < 1.29 is 0 Å². The molecule has 100 valence electrons. The predicted octanol–water partition coefficient (Wildman–Crippen LogP) is 6.45. The smallest absolute Gasteiger partial charge is 0.0471 e. The van der Waals surface area contributed by atoms with Gasteiger partial charge in [-0.1, -0.05) is 92.9 Å². The molecule has 16 heavy (non-hydrogen) atoms. The van der Waals surface area contributed by atoms with E-state index in [4.69, 9.17) is 0 Å². The van der Waals surface area contributed by atoms with Crippen molar-refractivity contribution >= 4 is 0 Å². The maximum atomic E-state index is 2.29. The van der Waals surface area contributed by atoms with Gasteiger partial charge in [0.15, 0.2) is 0 Å². The normalized spacial score (nSPS) is 10.5. The molecule has 0 rings (SSSR count). The number of rotatable bonds is 8. The molecular weight excluding hydrogens is 192 g/mol. The molecule has 0 nitrogen and oxygen atoms in total. The van der Waals surface area contributed by atoms with Crippen LogP contribution in [0.2, 0.25) is 0 Å². The van der Waals surface area contributed by atoms with Crippen LogP contribution in [0.4, 0.5) is 0 Å². The molecular formula is C16H36. The van der Waals surface area contributed by atoms with Crippen molar-refractivity contribution in [1.82, 2.24) is 0 Å². The van der Waals surface area contributed by atoms with E-state index in [0.717, 1.165) is 11.8 Å². The first-order valence-electron chi connectivity index (χ1n) is 7.54. The van der Waals surface area contributed by atoms with Crippen molar-refractivity contribution in [2.45, 2.75) is 92.9 Å². The fourth-order valence-electron chi connectivity index (χ4n) is 1.61. The van der Waals surface area contributed by atoms with Gasteiger partial charge in [-0.2, -0.15) is 0 Å². The van der Waals surface area contributed by atoms with Crippen LogP contribution in [0.1, 0.15) is 92.9 Å². The summed E-state index contributed by atoms with van der Waals surface area (Å²) in [4.78, 5) is 0. The van der Waals surface area contributed by atoms with Gasteiger partial charge in [0.2, 0.25) is 0 Å². The molecule has 0 heterocycles. The van der Waals surface area contributed by atoms with Crippen LogP contribution in [0.25, 0.3) is 0 Å². The Kier molecular flexibility index (Phi) is 17.2. The third-order valence-corrected chi connectivity index (χ3v) is 2.77. The largest absolute Gasteiger partial charge is 0.0654 e. The van der Waals surface area contributed by atoms with Crippen LogP contribution >= 0.6 is 0 Å². The Labute approximate surface area is 105 Å². The molecule has 0 bridgehead atoms. The highest BCUT2D eigenvalue weighted by molar-refractivity contribution is 4.45. The molecule has 0 aromatic heterocycles. The average Bonchev–Trinajstić information content (AvgIpc) is 2.18. The van der Waals surface area contributed by atoms with Crippen molar-refractivity contribution in [1.29, 1.82) is 0 Å². The summed E-state index contributed by atoms with van der Waals surface area (Å²) in [6.07, 6.45) is 11.2. The standard InChI is InChI=1S/2C8H18/c2*1-4-5-6-7-8(2)3/h2*8H,4-7H2,1-3H3. The Morgan fingerprint density at radius 3 is 1.06 bits per heavy atom. The highest BCUT2D eigenvalue weighted by Gasteiger charge is 1.91. The van der Waals surface area contributed by atoms with E-state index in [-0.39, 0.29) is 0 Å². The zero-order valence-electron chi connectivity index (χ0n) is 12.8. The molecule has 0 saturated carbocycles. The van der Waals surface area contributed by atoms with Crippen molar-refractivity contribution in [2.24, 2.45) is 11.8 Å². The minimum absolute atomic E-state index is 0.904. The fourth-order valence-corrected chi connectivity index (χ4v) is 1.61. The maximum absolute atomic E-state index is 2.29. The van der Waals surface area contributed by atoms with E-state index in [2.05, 4.69) is 41.5 Å². The van der Waals surface area contributed by atoms with E-state index in [1.165, 1.54) is 51.4 Å². The van der Waals surface area contributed by atoms with E-state index < -0.39 is 0 Å². The van der Waals surface area contributed by atoms with Gasteiger partial charge in [0.25, 0.3) is 0 Å². The van der Waals surface area contributed by atoms with Gasteiger partial charge in [0.1, 0.15) is 0 Å². The molecule has 0 unspecified atom stereocenters. The van der Waals surface area contributed by atoms with Gasteiger partial charge in [-0.25, -0.2) is 0 Å². The third kappa shape index (κ3) is 23.7. The topological polar surface area (TPSA) is 0 Å². The lowest BCUT2D eigenvalue weighted by molar-refractivity contribution is 0.534. The van der Waals surface area contributed by atoms with Crippen LogP contribution in [0.3, 0.4) is 0 Å². The summed E-state index contributed by atoms with van der Waals surface area (Å²) in [6.45, 7) is 13.7. The lowest BCUT2D eigenvalue weighted by atomic mass is 10.1. The third-order valence-electron chi connectivity index (χ3n) is 2.77. The molecule has 0 spiro atoms. The van der Waals surface area contributed by atoms with E-state index in [0.29, 0.717) is 0 Å². The number of hydrogen-bond acceptors (Lipinski definition) is 0. The zero-order valence-corrected chi connectivity index (χ0v) is 12.8. The van der Waals surface area contributed by atoms with E-state index in [1.807, 2.05) is 0 Å². The van der Waals surface area contributed by atoms with Crippen LogP contribution in [-0.4, -0.2) is 0 Å². The van der Waals surface area contributed by atoms with Gasteiger partial charge < -0.3 is 0 Å². The Balaban J connectivity index is 0. The summed E-state index contributed by atoms with van der Waals surface area (Å²) in [7, 11) is 0. The molecule has 0 aliphatic heterocycles. The fraction of sp³-hybridized carbons (Fsp3) is 1.00. The van der Waals surface area contributed by atoms with Crippen LogP contribution in [0.15, 0.2) is 0 Å². The minimum atomic E-state index is 0.904. The van der Waals surface area contributed by atoms with E-state index in [1.54, 1.807) is 0 Å². The van der Waals surface area contributed by atoms with Gasteiger partial charge in [0.05, 0.1) is 0 Å². The van der Waals surface area contributed by atoms with Gasteiger partial charge in [-0.3, -0.25) is 0 Å². The summed E-state index contributed by atoms with van der Waals surface area (Å²) in [5.41, 5.74) is 0. The molecule has 0 heteroatoms. The Bertz CT molecular complexity index is 88.6. The second-order valence-electron chi connectivity index (χ2n) is 5.78. The first kappa shape index (κ1) is 18.4. The highest BCUT2D eigenvalue weighted by Crippen LogP contribution is 2.07. The molecule has 0 atom stereocenters. The molecule has 0 aromatic carbocycles. The quantitative estimate of drug-likeness (QED) is 0.419. The molecule has 0 N–H and O–H groups in total. The molecule has 0 aliphatic carbocycles. The van der Waals surface area contributed by atoms with E-state index in [9.17, 15) is 0 Å². The predicted molar refractivity (Wildman–Crippen MR) is 78.0 cm³/mol. The van der Waals surface area contributed by atoms with Crippen LogP contribution in [0.5, 0.6) is 0 Å². The minimum Gasteiger partial charge on any atom is -0.0654 e. The number of hydrogen-bond donors (Lipinski definition) is 0. The van der Waals surface area contributed by atoms with E-state index >= 15 is 0 Å². The van der Waals surface area contributed by atoms with Crippen molar-refractivity contribution in [3.05, 3.63) is 0 Å². The molecule has 0 aliphatic rings. The lowest BCUT2D eigenvalue weighted by Gasteiger charge is -2.00. The Morgan fingerprint density at radius 1 is 0.562 bits per heavy atom.